The number of nitriles is 1. The van der Waals surface area contributed by atoms with Crippen LogP contribution in [0.4, 0.5) is 8.78 Å². The number of carbonyl (C=O) groups excluding carboxylic acids is 1. The molecule has 1 aliphatic carbocycles. The smallest absolute Gasteiger partial charge is 0.347 e. The minimum absolute atomic E-state index is 0.0437. The number of hydrogen-bond donors (Lipinski definition) is 0. The third kappa shape index (κ3) is 4.79. The van der Waals surface area contributed by atoms with E-state index in [2.05, 4.69) is 0 Å². The summed E-state index contributed by atoms with van der Waals surface area (Å²) in [6, 6.07) is 11.5. The van der Waals surface area contributed by atoms with Gasteiger partial charge in [0, 0.05) is 11.5 Å². The van der Waals surface area contributed by atoms with E-state index in [-0.39, 0.29) is 22.6 Å². The highest BCUT2D eigenvalue weighted by atomic mass is 19.1. The fourth-order valence-electron chi connectivity index (χ4n) is 4.13. The molecular formula is C24H25F2NO3. The molecule has 1 atom stereocenters. The molecule has 0 aromatic heterocycles. The molecule has 1 unspecified atom stereocenters. The van der Waals surface area contributed by atoms with Gasteiger partial charge in [0.25, 0.3) is 0 Å². The maximum Gasteiger partial charge on any atom is 0.347 e. The van der Waals surface area contributed by atoms with Crippen molar-refractivity contribution in [1.82, 2.24) is 0 Å². The Bertz CT molecular complexity index is 927. The van der Waals surface area contributed by atoms with Gasteiger partial charge >= 0.3 is 5.97 Å². The molecule has 0 heterocycles. The summed E-state index contributed by atoms with van der Waals surface area (Å²) in [5, 5.41) is 8.81. The number of ether oxygens (including phenoxy) is 2. The Kier molecular flexibility index (Phi) is 7.04. The average Bonchev–Trinajstić information content (AvgIpc) is 2.75. The van der Waals surface area contributed by atoms with Crippen molar-refractivity contribution in [2.75, 3.05) is 0 Å². The first-order valence-corrected chi connectivity index (χ1v) is 10.3. The molecule has 0 radical (unpaired) electrons. The second kappa shape index (κ2) is 9.71. The quantitative estimate of drug-likeness (QED) is 0.392. The Hall–Kier alpha value is -2.94. The van der Waals surface area contributed by atoms with Gasteiger partial charge in [-0.25, -0.2) is 13.6 Å². The molecule has 0 N–H and O–H groups in total. The molecule has 4 nitrogen and oxygen atoms in total. The van der Waals surface area contributed by atoms with Crippen molar-refractivity contribution < 1.29 is 23.0 Å². The first-order valence-electron chi connectivity index (χ1n) is 10.3. The number of carbonyl (C=O) groups is 1. The monoisotopic (exact) mass is 413 g/mol. The zero-order chi connectivity index (χ0) is 21.6. The van der Waals surface area contributed by atoms with Crippen LogP contribution in [0.1, 0.15) is 67.8 Å². The van der Waals surface area contributed by atoms with E-state index >= 15 is 4.39 Å². The third-order valence-corrected chi connectivity index (χ3v) is 5.69. The van der Waals surface area contributed by atoms with Crippen LogP contribution in [0, 0.1) is 22.6 Å². The maximum absolute atomic E-state index is 15.4. The van der Waals surface area contributed by atoms with Crippen LogP contribution in [0.25, 0.3) is 0 Å². The van der Waals surface area contributed by atoms with E-state index in [4.69, 9.17) is 14.7 Å². The fourth-order valence-corrected chi connectivity index (χ4v) is 4.13. The van der Waals surface area contributed by atoms with E-state index in [1.54, 1.807) is 18.2 Å². The third-order valence-electron chi connectivity index (χ3n) is 5.69. The molecule has 1 saturated carbocycles. The van der Waals surface area contributed by atoms with E-state index < -0.39 is 23.6 Å². The van der Waals surface area contributed by atoms with Crippen molar-refractivity contribution in [3.8, 4) is 17.6 Å². The van der Waals surface area contributed by atoms with Gasteiger partial charge in [-0.2, -0.15) is 5.26 Å². The molecule has 6 heteroatoms. The van der Waals surface area contributed by atoms with Crippen LogP contribution < -0.4 is 9.47 Å². The highest BCUT2D eigenvalue weighted by molar-refractivity contribution is 5.94. The molecule has 0 bridgehead atoms. The molecule has 0 aliphatic heterocycles. The molecule has 1 aliphatic rings. The summed E-state index contributed by atoms with van der Waals surface area (Å²) >= 11 is 0. The summed E-state index contributed by atoms with van der Waals surface area (Å²) in [7, 11) is 0. The lowest BCUT2D eigenvalue weighted by molar-refractivity contribution is -0.0788. The van der Waals surface area contributed by atoms with Crippen molar-refractivity contribution in [3.05, 3.63) is 59.4 Å². The molecule has 158 valence electrons. The second-order valence-electron chi connectivity index (χ2n) is 7.75. The van der Waals surface area contributed by atoms with Crippen LogP contribution in [0.3, 0.4) is 0 Å². The Balaban J connectivity index is 1.79. The van der Waals surface area contributed by atoms with Crippen molar-refractivity contribution in [3.63, 3.8) is 0 Å². The van der Waals surface area contributed by atoms with Gasteiger partial charge in [0.15, 0.2) is 0 Å². The molecule has 2 aromatic carbocycles. The van der Waals surface area contributed by atoms with Crippen molar-refractivity contribution in [2.24, 2.45) is 5.41 Å². The Morgan fingerprint density at radius 3 is 2.60 bits per heavy atom. The number of halogens is 2. The molecule has 3 rings (SSSR count). The molecule has 0 amide bonds. The van der Waals surface area contributed by atoms with Crippen molar-refractivity contribution in [2.45, 2.75) is 58.2 Å². The number of hydrogen-bond acceptors (Lipinski definition) is 4. The maximum atomic E-state index is 15.4. The van der Waals surface area contributed by atoms with E-state index in [0.717, 1.165) is 51.0 Å². The SMILES string of the molecule is CCCC1(C(F)Oc2ccccc2C(=O)Oc2ccc(C#N)c(F)c2)CCCCC1. The topological polar surface area (TPSA) is 59.3 Å². The lowest BCUT2D eigenvalue weighted by Crippen LogP contribution is -2.38. The number of alkyl halides is 1. The van der Waals surface area contributed by atoms with Gasteiger partial charge in [-0.05, 0) is 43.5 Å². The molecule has 2 aromatic rings. The first-order chi connectivity index (χ1) is 14.5. The predicted molar refractivity (Wildman–Crippen MR) is 108 cm³/mol. The van der Waals surface area contributed by atoms with Gasteiger partial charge in [0.05, 0.1) is 5.56 Å². The van der Waals surface area contributed by atoms with Crippen LogP contribution in [-0.2, 0) is 0 Å². The fraction of sp³-hybridized carbons (Fsp3) is 0.417. The minimum atomic E-state index is -1.53. The summed E-state index contributed by atoms with van der Waals surface area (Å²) in [5.41, 5.74) is -0.625. The lowest BCUT2D eigenvalue weighted by atomic mass is 9.71. The van der Waals surface area contributed by atoms with E-state index in [1.165, 1.54) is 24.3 Å². The normalized spacial score (nSPS) is 16.3. The Morgan fingerprint density at radius 2 is 1.93 bits per heavy atom. The average molecular weight is 413 g/mol. The molecule has 30 heavy (non-hydrogen) atoms. The molecular weight excluding hydrogens is 388 g/mol. The van der Waals surface area contributed by atoms with Gasteiger partial charge in [-0.3, -0.25) is 0 Å². The minimum Gasteiger partial charge on any atom is -0.459 e. The summed E-state index contributed by atoms with van der Waals surface area (Å²) in [6.07, 6.45) is 4.62. The van der Waals surface area contributed by atoms with E-state index in [0.29, 0.717) is 0 Å². The van der Waals surface area contributed by atoms with Gasteiger partial charge < -0.3 is 9.47 Å². The number of esters is 1. The lowest BCUT2D eigenvalue weighted by Gasteiger charge is -2.39. The van der Waals surface area contributed by atoms with Gasteiger partial charge in [0.2, 0.25) is 6.36 Å². The highest BCUT2D eigenvalue weighted by Gasteiger charge is 2.41. The Morgan fingerprint density at radius 1 is 1.20 bits per heavy atom. The predicted octanol–water partition coefficient (Wildman–Crippen LogP) is 6.34. The second-order valence-corrected chi connectivity index (χ2v) is 7.75. The van der Waals surface area contributed by atoms with Crippen LogP contribution in [-0.4, -0.2) is 12.3 Å². The largest absolute Gasteiger partial charge is 0.459 e. The van der Waals surface area contributed by atoms with Gasteiger partial charge in [-0.15, -0.1) is 0 Å². The van der Waals surface area contributed by atoms with Gasteiger partial charge in [-0.1, -0.05) is 44.7 Å². The van der Waals surface area contributed by atoms with Crippen molar-refractivity contribution in [1.29, 1.82) is 5.26 Å². The van der Waals surface area contributed by atoms with Crippen LogP contribution in [0.5, 0.6) is 11.5 Å². The summed E-state index contributed by atoms with van der Waals surface area (Å²) in [5.74, 6) is -1.51. The standard InChI is InChI=1S/C24H25F2NO3/c1-2-12-24(13-6-3-7-14-24)23(26)30-21-9-5-4-8-19(21)22(28)29-18-11-10-17(16-27)20(25)15-18/h4-5,8-11,15,23H,2-3,6-7,12-14H2,1H3. The number of nitrogens with zero attached hydrogens (tertiary/aromatic N) is 1. The van der Waals surface area contributed by atoms with Crippen LogP contribution in [0.2, 0.25) is 0 Å². The Labute approximate surface area is 175 Å². The molecule has 0 spiro atoms. The number of rotatable bonds is 7. The van der Waals surface area contributed by atoms with Gasteiger partial charge in [0.1, 0.15) is 28.9 Å². The van der Waals surface area contributed by atoms with Crippen LogP contribution >= 0.6 is 0 Å². The van der Waals surface area contributed by atoms with E-state index in [1.807, 2.05) is 6.92 Å². The first kappa shape index (κ1) is 21.8. The summed E-state index contributed by atoms with van der Waals surface area (Å²) in [4.78, 5) is 12.7. The number of benzene rings is 2. The molecule has 1 fully saturated rings. The number of para-hydroxylation sites is 1. The van der Waals surface area contributed by atoms with E-state index in [9.17, 15) is 9.18 Å². The summed E-state index contributed by atoms with van der Waals surface area (Å²) in [6.45, 7) is 2.03. The summed E-state index contributed by atoms with van der Waals surface area (Å²) < 4.78 is 40.1. The zero-order valence-corrected chi connectivity index (χ0v) is 17.0. The van der Waals surface area contributed by atoms with Crippen LogP contribution in [0.15, 0.2) is 42.5 Å². The zero-order valence-electron chi connectivity index (χ0n) is 17.0. The van der Waals surface area contributed by atoms with Crippen molar-refractivity contribution >= 4 is 5.97 Å². The highest BCUT2D eigenvalue weighted by Crippen LogP contribution is 2.45. The molecule has 0 saturated heterocycles.